The first kappa shape index (κ1) is 16.9. The second kappa shape index (κ2) is 8.89. The monoisotopic (exact) mass is 312 g/mol. The molecule has 2 fully saturated rings. The van der Waals surface area contributed by atoms with Crippen LogP contribution >= 0.6 is 11.8 Å². The molecule has 2 saturated heterocycles. The van der Waals surface area contributed by atoms with Crippen molar-refractivity contribution in [1.82, 2.24) is 15.5 Å². The fourth-order valence-electron chi connectivity index (χ4n) is 3.30. The average Bonchev–Trinajstić information content (AvgIpc) is 3.15. The highest BCUT2D eigenvalue weighted by Crippen LogP contribution is 2.25. The third kappa shape index (κ3) is 5.37. The van der Waals surface area contributed by atoms with Crippen molar-refractivity contribution in [3.05, 3.63) is 0 Å². The van der Waals surface area contributed by atoms with E-state index in [1.54, 1.807) is 0 Å². The van der Waals surface area contributed by atoms with Gasteiger partial charge in [0.05, 0.1) is 0 Å². The average molecular weight is 313 g/mol. The number of rotatable bonds is 6. The van der Waals surface area contributed by atoms with Crippen molar-refractivity contribution in [3.63, 3.8) is 0 Å². The number of hydrogen-bond donors (Lipinski definition) is 2. The maximum Gasteiger partial charge on any atom is 0.191 e. The molecule has 0 amide bonds. The minimum atomic E-state index is 0.618. The van der Waals surface area contributed by atoms with Crippen molar-refractivity contribution in [1.29, 1.82) is 0 Å². The lowest BCUT2D eigenvalue weighted by Gasteiger charge is -2.31. The first-order chi connectivity index (χ1) is 10.2. The zero-order valence-corrected chi connectivity index (χ0v) is 14.7. The van der Waals surface area contributed by atoms with Crippen LogP contribution in [-0.2, 0) is 0 Å². The number of nitrogens with zero attached hydrogens (tertiary/aromatic N) is 2. The number of hydrogen-bond acceptors (Lipinski definition) is 3. The predicted molar refractivity (Wildman–Crippen MR) is 94.3 cm³/mol. The molecule has 0 aromatic heterocycles. The predicted octanol–water partition coefficient (Wildman–Crippen LogP) is 2.17. The van der Waals surface area contributed by atoms with Crippen LogP contribution in [0.1, 0.15) is 39.5 Å². The van der Waals surface area contributed by atoms with Gasteiger partial charge in [0.2, 0.25) is 0 Å². The molecule has 0 aromatic rings. The van der Waals surface area contributed by atoms with E-state index in [0.29, 0.717) is 12.0 Å². The highest BCUT2D eigenvalue weighted by Gasteiger charge is 2.24. The molecule has 0 aliphatic carbocycles. The molecule has 2 aliphatic rings. The second-order valence-corrected chi connectivity index (χ2v) is 7.93. The third-order valence-electron chi connectivity index (χ3n) is 4.60. The van der Waals surface area contributed by atoms with E-state index in [1.165, 1.54) is 44.5 Å². The number of thioether (sulfide) groups is 1. The van der Waals surface area contributed by atoms with Gasteiger partial charge in [-0.1, -0.05) is 13.8 Å². The van der Waals surface area contributed by atoms with Gasteiger partial charge < -0.3 is 10.6 Å². The summed E-state index contributed by atoms with van der Waals surface area (Å²) < 4.78 is 0. The smallest absolute Gasteiger partial charge is 0.191 e. The molecule has 0 bridgehead atoms. The lowest BCUT2D eigenvalue weighted by Crippen LogP contribution is -2.49. The minimum absolute atomic E-state index is 0.618. The molecular formula is C16H32N4S. The SMILES string of the molecule is CN=C(NCC1CCCS1)NCC(C(C)C)N1CCCC1. The van der Waals surface area contributed by atoms with Gasteiger partial charge in [-0.15, -0.1) is 0 Å². The fraction of sp³-hybridized carbons (Fsp3) is 0.938. The quantitative estimate of drug-likeness (QED) is 0.582. The molecule has 2 heterocycles. The normalized spacial score (nSPS) is 25.5. The molecule has 2 aliphatic heterocycles. The molecule has 2 unspecified atom stereocenters. The van der Waals surface area contributed by atoms with Crippen molar-refractivity contribution in [2.24, 2.45) is 10.9 Å². The van der Waals surface area contributed by atoms with Crippen LogP contribution < -0.4 is 10.6 Å². The van der Waals surface area contributed by atoms with Gasteiger partial charge >= 0.3 is 0 Å². The number of guanidine groups is 1. The van der Waals surface area contributed by atoms with Crippen molar-refractivity contribution in [3.8, 4) is 0 Å². The Labute approximate surface area is 134 Å². The Morgan fingerprint density at radius 3 is 2.57 bits per heavy atom. The Balaban J connectivity index is 1.74. The van der Waals surface area contributed by atoms with Crippen LogP contribution in [0.3, 0.4) is 0 Å². The van der Waals surface area contributed by atoms with Crippen LogP contribution in [0.5, 0.6) is 0 Å². The van der Waals surface area contributed by atoms with Gasteiger partial charge in [0.15, 0.2) is 5.96 Å². The van der Waals surface area contributed by atoms with E-state index in [0.717, 1.165) is 24.3 Å². The van der Waals surface area contributed by atoms with Crippen molar-refractivity contribution in [2.45, 2.75) is 50.8 Å². The summed E-state index contributed by atoms with van der Waals surface area (Å²) in [6.07, 6.45) is 5.43. The zero-order chi connectivity index (χ0) is 15.1. The first-order valence-electron chi connectivity index (χ1n) is 8.51. The highest BCUT2D eigenvalue weighted by molar-refractivity contribution is 8.00. The van der Waals surface area contributed by atoms with Crippen LogP contribution in [0.2, 0.25) is 0 Å². The van der Waals surface area contributed by atoms with Crippen LogP contribution in [0.4, 0.5) is 0 Å². The Morgan fingerprint density at radius 2 is 2.00 bits per heavy atom. The molecule has 0 aromatic carbocycles. The largest absolute Gasteiger partial charge is 0.355 e. The summed E-state index contributed by atoms with van der Waals surface area (Å²) in [6.45, 7) is 9.21. The van der Waals surface area contributed by atoms with E-state index in [2.05, 4.69) is 46.1 Å². The first-order valence-corrected chi connectivity index (χ1v) is 9.55. The summed E-state index contributed by atoms with van der Waals surface area (Å²) >= 11 is 2.09. The Bertz CT molecular complexity index is 320. The van der Waals surface area contributed by atoms with Gasteiger partial charge in [0, 0.05) is 31.4 Å². The molecule has 0 spiro atoms. The van der Waals surface area contributed by atoms with Crippen LogP contribution in [0.25, 0.3) is 0 Å². The maximum atomic E-state index is 4.37. The fourth-order valence-corrected chi connectivity index (χ4v) is 4.50. The molecule has 2 N–H and O–H groups in total. The number of aliphatic imine (C=N–C) groups is 1. The molecule has 2 rings (SSSR count). The van der Waals surface area contributed by atoms with Crippen LogP contribution in [0, 0.1) is 5.92 Å². The number of nitrogens with one attached hydrogen (secondary N) is 2. The molecular weight excluding hydrogens is 280 g/mol. The topological polar surface area (TPSA) is 39.7 Å². The Hall–Kier alpha value is -0.420. The van der Waals surface area contributed by atoms with E-state index in [-0.39, 0.29) is 0 Å². The molecule has 0 saturated carbocycles. The standard InChI is InChI=1S/C16H32N4S/c1-13(2)15(20-8-4-5-9-20)12-19-16(17-3)18-11-14-7-6-10-21-14/h13-15H,4-12H2,1-3H3,(H2,17,18,19). The van der Waals surface area contributed by atoms with Crippen LogP contribution in [0.15, 0.2) is 4.99 Å². The zero-order valence-electron chi connectivity index (χ0n) is 13.9. The van der Waals surface area contributed by atoms with E-state index in [9.17, 15) is 0 Å². The van der Waals surface area contributed by atoms with Gasteiger partial charge in [-0.25, -0.2) is 0 Å². The van der Waals surface area contributed by atoms with Gasteiger partial charge in [-0.05, 0) is 50.4 Å². The molecule has 122 valence electrons. The summed E-state index contributed by atoms with van der Waals surface area (Å²) in [4.78, 5) is 7.01. The van der Waals surface area contributed by atoms with Gasteiger partial charge in [-0.2, -0.15) is 11.8 Å². The molecule has 21 heavy (non-hydrogen) atoms. The van der Waals surface area contributed by atoms with E-state index in [4.69, 9.17) is 0 Å². The summed E-state index contributed by atoms with van der Waals surface area (Å²) in [5.74, 6) is 2.97. The lowest BCUT2D eigenvalue weighted by atomic mass is 10.0. The van der Waals surface area contributed by atoms with Crippen molar-refractivity contribution < 1.29 is 0 Å². The summed E-state index contributed by atoms with van der Waals surface area (Å²) in [7, 11) is 1.87. The second-order valence-electron chi connectivity index (χ2n) is 6.52. The Kier molecular flexibility index (Phi) is 7.17. The highest BCUT2D eigenvalue weighted by atomic mass is 32.2. The van der Waals surface area contributed by atoms with E-state index >= 15 is 0 Å². The third-order valence-corrected chi connectivity index (χ3v) is 6.00. The maximum absolute atomic E-state index is 4.37. The van der Waals surface area contributed by atoms with Gasteiger partial charge in [0.1, 0.15) is 0 Å². The van der Waals surface area contributed by atoms with Gasteiger partial charge in [0.25, 0.3) is 0 Å². The molecule has 4 nitrogen and oxygen atoms in total. The molecule has 5 heteroatoms. The lowest BCUT2D eigenvalue weighted by molar-refractivity contribution is 0.192. The van der Waals surface area contributed by atoms with Crippen molar-refractivity contribution in [2.75, 3.05) is 39.0 Å². The van der Waals surface area contributed by atoms with E-state index in [1.807, 2.05) is 7.05 Å². The van der Waals surface area contributed by atoms with Gasteiger partial charge in [-0.3, -0.25) is 9.89 Å². The summed E-state index contributed by atoms with van der Waals surface area (Å²) in [5, 5.41) is 7.80. The Morgan fingerprint density at radius 1 is 1.24 bits per heavy atom. The van der Waals surface area contributed by atoms with E-state index < -0.39 is 0 Å². The molecule has 0 radical (unpaired) electrons. The molecule has 2 atom stereocenters. The summed E-state index contributed by atoms with van der Waals surface area (Å²) in [5.41, 5.74) is 0. The van der Waals surface area contributed by atoms with Crippen molar-refractivity contribution >= 4 is 17.7 Å². The van der Waals surface area contributed by atoms with Crippen LogP contribution in [-0.4, -0.2) is 61.1 Å². The number of likely N-dealkylation sites (tertiary alicyclic amines) is 1. The summed E-state index contributed by atoms with van der Waals surface area (Å²) in [6, 6.07) is 0.618. The minimum Gasteiger partial charge on any atom is -0.355 e.